The lowest BCUT2D eigenvalue weighted by Gasteiger charge is -2.23. The molecule has 0 saturated carbocycles. The minimum absolute atomic E-state index is 0.534. The largest absolute Gasteiger partial charge is 0.497 e. The molecule has 1 aromatic carbocycles. The Morgan fingerprint density at radius 2 is 2.00 bits per heavy atom. The molecule has 1 heterocycles. The molecule has 1 atom stereocenters. The highest BCUT2D eigenvalue weighted by atomic mass is 16.5. The quantitative estimate of drug-likeness (QED) is 0.861. The third-order valence-electron chi connectivity index (χ3n) is 4.02. The lowest BCUT2D eigenvalue weighted by molar-refractivity contribution is 0.414. The molecule has 0 spiro atoms. The minimum Gasteiger partial charge on any atom is -0.497 e. The molecular weight excluding hydrogens is 252 g/mol. The van der Waals surface area contributed by atoms with Gasteiger partial charge in [-0.2, -0.15) is 0 Å². The monoisotopic (exact) mass is 272 g/mol. The van der Waals surface area contributed by atoms with E-state index in [1.807, 2.05) is 31.1 Å². The fourth-order valence-corrected chi connectivity index (χ4v) is 2.91. The summed E-state index contributed by atoms with van der Waals surface area (Å²) >= 11 is 0. The molecule has 106 valence electrons. The van der Waals surface area contributed by atoms with E-state index in [2.05, 4.69) is 17.3 Å². The second-order valence-corrected chi connectivity index (χ2v) is 5.52. The first kappa shape index (κ1) is 13.0. The van der Waals surface area contributed by atoms with E-state index in [0.29, 0.717) is 5.92 Å². The van der Waals surface area contributed by atoms with Crippen molar-refractivity contribution in [3.8, 4) is 5.75 Å². The first-order valence-corrected chi connectivity index (χ1v) is 6.97. The number of anilines is 1. The number of fused-ring (bicyclic) bond motifs is 1. The number of benzene rings is 1. The molecule has 20 heavy (non-hydrogen) atoms. The lowest BCUT2D eigenvalue weighted by atomic mass is 9.82. The molecule has 0 N–H and O–H groups in total. The van der Waals surface area contributed by atoms with Crippen molar-refractivity contribution in [1.82, 2.24) is 5.16 Å². The van der Waals surface area contributed by atoms with Crippen molar-refractivity contribution in [2.45, 2.75) is 25.2 Å². The maximum absolute atomic E-state index is 5.46. The summed E-state index contributed by atoms with van der Waals surface area (Å²) in [6.07, 6.45) is 3.11. The van der Waals surface area contributed by atoms with Crippen LogP contribution in [0.25, 0.3) is 0 Å². The number of methoxy groups -OCH3 is 1. The lowest BCUT2D eigenvalue weighted by Crippen LogP contribution is -2.16. The fraction of sp³-hybridized carbons (Fsp3) is 0.438. The van der Waals surface area contributed by atoms with E-state index in [-0.39, 0.29) is 0 Å². The molecule has 0 saturated heterocycles. The molecule has 0 radical (unpaired) electrons. The van der Waals surface area contributed by atoms with E-state index in [0.717, 1.165) is 36.6 Å². The van der Waals surface area contributed by atoms with Crippen molar-refractivity contribution in [1.29, 1.82) is 0 Å². The number of aryl methyl sites for hydroxylation is 1. The molecule has 4 heteroatoms. The van der Waals surface area contributed by atoms with Crippen LogP contribution in [0.1, 0.15) is 29.2 Å². The zero-order valence-electron chi connectivity index (χ0n) is 12.2. The Hall–Kier alpha value is -1.97. The maximum Gasteiger partial charge on any atom is 0.230 e. The predicted molar refractivity (Wildman–Crippen MR) is 78.6 cm³/mol. The normalized spacial score (nSPS) is 17.6. The van der Waals surface area contributed by atoms with Gasteiger partial charge in [-0.3, -0.25) is 0 Å². The average Bonchev–Trinajstić information content (AvgIpc) is 2.90. The standard InChI is InChI=1S/C16H20N2O2/c1-18(2)16-14-10-12(6-9-15(14)17-20-16)11-4-7-13(19-3)8-5-11/h4-5,7-8,12H,6,9-10H2,1-3H3. The van der Waals surface area contributed by atoms with Crippen molar-refractivity contribution in [3.63, 3.8) is 0 Å². The number of hydrogen-bond acceptors (Lipinski definition) is 4. The van der Waals surface area contributed by atoms with Crippen LogP contribution in [-0.4, -0.2) is 26.4 Å². The van der Waals surface area contributed by atoms with Gasteiger partial charge in [0.05, 0.1) is 12.8 Å². The summed E-state index contributed by atoms with van der Waals surface area (Å²) in [6.45, 7) is 0. The molecule has 4 nitrogen and oxygen atoms in total. The zero-order valence-corrected chi connectivity index (χ0v) is 12.2. The van der Waals surface area contributed by atoms with Gasteiger partial charge in [0.25, 0.3) is 0 Å². The number of nitrogens with zero attached hydrogens (tertiary/aromatic N) is 2. The Labute approximate surface area is 119 Å². The Balaban J connectivity index is 1.85. The molecule has 0 fully saturated rings. The van der Waals surface area contributed by atoms with Crippen LogP contribution in [0.3, 0.4) is 0 Å². The Kier molecular flexibility index (Phi) is 3.38. The molecule has 1 aliphatic rings. The summed E-state index contributed by atoms with van der Waals surface area (Å²) in [6, 6.07) is 8.39. The summed E-state index contributed by atoms with van der Waals surface area (Å²) in [5.74, 6) is 2.34. The van der Waals surface area contributed by atoms with Gasteiger partial charge in [-0.05, 0) is 42.9 Å². The van der Waals surface area contributed by atoms with Crippen molar-refractivity contribution < 1.29 is 9.26 Å². The SMILES string of the molecule is COc1ccc(C2CCc3noc(N(C)C)c3C2)cc1. The van der Waals surface area contributed by atoms with E-state index in [1.54, 1.807) is 7.11 Å². The second kappa shape index (κ2) is 5.19. The molecule has 0 amide bonds. The van der Waals surface area contributed by atoms with Crippen LogP contribution >= 0.6 is 0 Å². The number of ether oxygens (including phenoxy) is 1. The van der Waals surface area contributed by atoms with E-state index < -0.39 is 0 Å². The molecule has 3 rings (SSSR count). The van der Waals surface area contributed by atoms with Crippen LogP contribution in [-0.2, 0) is 12.8 Å². The Morgan fingerprint density at radius 1 is 1.25 bits per heavy atom. The third kappa shape index (κ3) is 2.26. The van der Waals surface area contributed by atoms with Crippen molar-refractivity contribution >= 4 is 5.88 Å². The van der Waals surface area contributed by atoms with Gasteiger partial charge in [0, 0.05) is 19.7 Å². The highest BCUT2D eigenvalue weighted by Crippen LogP contribution is 2.37. The topological polar surface area (TPSA) is 38.5 Å². The van der Waals surface area contributed by atoms with Gasteiger partial charge in [-0.15, -0.1) is 0 Å². The minimum atomic E-state index is 0.534. The molecule has 1 aromatic heterocycles. The van der Waals surface area contributed by atoms with E-state index in [4.69, 9.17) is 9.26 Å². The van der Waals surface area contributed by atoms with E-state index >= 15 is 0 Å². The van der Waals surface area contributed by atoms with Gasteiger partial charge >= 0.3 is 0 Å². The number of rotatable bonds is 3. The van der Waals surface area contributed by atoms with Crippen molar-refractivity contribution in [2.75, 3.05) is 26.1 Å². The van der Waals surface area contributed by atoms with Crippen LogP contribution in [0.2, 0.25) is 0 Å². The molecule has 1 unspecified atom stereocenters. The van der Waals surface area contributed by atoms with E-state index in [1.165, 1.54) is 11.1 Å². The predicted octanol–water partition coefficient (Wildman–Crippen LogP) is 3.02. The molecule has 2 aromatic rings. The molecule has 0 bridgehead atoms. The second-order valence-electron chi connectivity index (χ2n) is 5.52. The van der Waals surface area contributed by atoms with Gasteiger partial charge in [0.2, 0.25) is 5.88 Å². The highest BCUT2D eigenvalue weighted by molar-refractivity contribution is 5.47. The number of hydrogen-bond donors (Lipinski definition) is 0. The van der Waals surface area contributed by atoms with Crippen molar-refractivity contribution in [2.24, 2.45) is 0 Å². The van der Waals surface area contributed by atoms with Crippen LogP contribution in [0.4, 0.5) is 5.88 Å². The van der Waals surface area contributed by atoms with Gasteiger partial charge in [-0.1, -0.05) is 17.3 Å². The Bertz CT molecular complexity index is 587. The fourth-order valence-electron chi connectivity index (χ4n) is 2.91. The van der Waals surface area contributed by atoms with Crippen LogP contribution in [0.5, 0.6) is 5.75 Å². The smallest absolute Gasteiger partial charge is 0.230 e. The first-order chi connectivity index (χ1) is 9.69. The van der Waals surface area contributed by atoms with Gasteiger partial charge in [0.15, 0.2) is 0 Å². The summed E-state index contributed by atoms with van der Waals surface area (Å²) in [5, 5.41) is 4.20. The molecule has 0 aliphatic heterocycles. The van der Waals surface area contributed by atoms with Crippen LogP contribution in [0, 0.1) is 0 Å². The zero-order chi connectivity index (χ0) is 14.1. The first-order valence-electron chi connectivity index (χ1n) is 6.97. The van der Waals surface area contributed by atoms with Crippen LogP contribution in [0.15, 0.2) is 28.8 Å². The third-order valence-corrected chi connectivity index (χ3v) is 4.02. The summed E-state index contributed by atoms with van der Waals surface area (Å²) in [7, 11) is 5.69. The molecular formula is C16H20N2O2. The summed E-state index contributed by atoms with van der Waals surface area (Å²) in [4.78, 5) is 2.00. The number of aromatic nitrogens is 1. The van der Waals surface area contributed by atoms with Gasteiger partial charge < -0.3 is 14.2 Å². The maximum atomic E-state index is 5.46. The summed E-state index contributed by atoms with van der Waals surface area (Å²) < 4.78 is 10.7. The average molecular weight is 272 g/mol. The van der Waals surface area contributed by atoms with Crippen LogP contribution < -0.4 is 9.64 Å². The highest BCUT2D eigenvalue weighted by Gasteiger charge is 2.27. The molecule has 1 aliphatic carbocycles. The van der Waals surface area contributed by atoms with E-state index in [9.17, 15) is 0 Å². The van der Waals surface area contributed by atoms with Gasteiger partial charge in [0.1, 0.15) is 5.75 Å². The summed E-state index contributed by atoms with van der Waals surface area (Å²) in [5.41, 5.74) is 3.75. The van der Waals surface area contributed by atoms with Gasteiger partial charge in [-0.25, -0.2) is 0 Å². The van der Waals surface area contributed by atoms with Crippen molar-refractivity contribution in [3.05, 3.63) is 41.1 Å². The Morgan fingerprint density at radius 3 is 2.65 bits per heavy atom.